The second-order valence-electron chi connectivity index (χ2n) is 5.05. The molecule has 25 heavy (non-hydrogen) atoms. The smallest absolute Gasteiger partial charge is 0.547 e. The molecule has 0 aliphatic carbocycles. The van der Waals surface area contributed by atoms with E-state index in [2.05, 4.69) is 0 Å². The van der Waals surface area contributed by atoms with Gasteiger partial charge in [-0.25, -0.2) is 0 Å². The molecule has 128 valence electrons. The largest absolute Gasteiger partial charge is 2.00 e. The summed E-state index contributed by atoms with van der Waals surface area (Å²) in [6.45, 7) is 0. The van der Waals surface area contributed by atoms with Crippen LogP contribution in [0.4, 0.5) is 0 Å². The average molecular weight is 370 g/mol. The molecule has 0 spiro atoms. The van der Waals surface area contributed by atoms with Gasteiger partial charge in [-0.3, -0.25) is 0 Å². The van der Waals surface area contributed by atoms with Crippen LogP contribution >= 0.6 is 0 Å². The Morgan fingerprint density at radius 3 is 1.24 bits per heavy atom. The van der Waals surface area contributed by atoms with Gasteiger partial charge in [0.2, 0.25) is 0 Å². The third-order valence-corrected chi connectivity index (χ3v) is 3.09. The van der Waals surface area contributed by atoms with E-state index in [0.29, 0.717) is 0 Å². The number of carboxylic acids is 2. The molecule has 0 aromatic heterocycles. The average Bonchev–Trinajstić information content (AvgIpc) is 2.57. The van der Waals surface area contributed by atoms with Crippen LogP contribution in [-0.4, -0.2) is 72.1 Å². The molecule has 2 aromatic rings. The van der Waals surface area contributed by atoms with Crippen molar-refractivity contribution in [1.29, 1.82) is 0 Å². The summed E-state index contributed by atoms with van der Waals surface area (Å²) in [7, 11) is 0. The molecule has 6 nitrogen and oxygen atoms in total. The van der Waals surface area contributed by atoms with Crippen molar-refractivity contribution in [3.8, 4) is 0 Å². The summed E-state index contributed by atoms with van der Waals surface area (Å²) in [5, 5.41) is 38.1. The number of carboxylic acid groups (broad SMARTS) is 2. The summed E-state index contributed by atoms with van der Waals surface area (Å²) in [6, 6.07) is 17.8. The van der Waals surface area contributed by atoms with E-state index < -0.39 is 24.1 Å². The maximum atomic E-state index is 10.1. The number of rotatable bonds is 6. The molecule has 0 amide bonds. The van der Waals surface area contributed by atoms with Gasteiger partial charge in [-0.1, -0.05) is 60.7 Å². The Kier molecular flexibility index (Phi) is 12.1. The molecule has 0 fully saturated rings. The number of aliphatic carboxylic acids is 2. The van der Waals surface area contributed by atoms with Crippen LogP contribution in [0.15, 0.2) is 60.7 Å². The molecular formula is C18H18CaO6. The fourth-order valence-electron chi connectivity index (χ4n) is 1.84. The van der Waals surface area contributed by atoms with Crippen molar-refractivity contribution in [1.82, 2.24) is 0 Å². The Balaban J connectivity index is 0.000000443. The Bertz CT molecular complexity index is 575. The van der Waals surface area contributed by atoms with Crippen LogP contribution in [0.1, 0.15) is 11.1 Å². The van der Waals surface area contributed by atoms with Gasteiger partial charge >= 0.3 is 37.7 Å². The summed E-state index contributed by atoms with van der Waals surface area (Å²) in [4.78, 5) is 20.3. The van der Waals surface area contributed by atoms with E-state index in [4.69, 9.17) is 10.2 Å². The first-order valence-electron chi connectivity index (χ1n) is 7.26. The minimum atomic E-state index is -1.43. The number of carbonyl (C=O) groups is 2. The van der Waals surface area contributed by atoms with Gasteiger partial charge in [-0.05, 0) is 11.1 Å². The van der Waals surface area contributed by atoms with Crippen LogP contribution in [0.3, 0.4) is 0 Å². The van der Waals surface area contributed by atoms with Gasteiger partial charge in [-0.15, -0.1) is 0 Å². The summed E-state index contributed by atoms with van der Waals surface area (Å²) >= 11 is 0. The van der Waals surface area contributed by atoms with Gasteiger partial charge < -0.3 is 30.0 Å². The van der Waals surface area contributed by atoms with Crippen molar-refractivity contribution in [2.75, 3.05) is 0 Å². The van der Waals surface area contributed by atoms with Crippen LogP contribution in [0.25, 0.3) is 0 Å². The second-order valence-corrected chi connectivity index (χ2v) is 5.05. The van der Waals surface area contributed by atoms with Crippen molar-refractivity contribution in [3.63, 3.8) is 0 Å². The number of carbonyl (C=O) groups excluding carboxylic acids is 2. The molecule has 0 radical (unpaired) electrons. The molecule has 0 aliphatic rings. The minimum Gasteiger partial charge on any atom is -0.547 e. The Labute approximate surface area is 175 Å². The standard InChI is InChI=1S/2C9H10O3.Ca/c2*10-8(9(11)12)6-7-4-2-1-3-5-7;/h2*1-5,8,10H,6H2,(H,11,12);/q;;+2/p-2/t2*8-;/m00./s1. The maximum Gasteiger partial charge on any atom is 2.00 e. The molecule has 2 N–H and O–H groups in total. The molecule has 0 bridgehead atoms. The van der Waals surface area contributed by atoms with Crippen molar-refractivity contribution in [2.24, 2.45) is 0 Å². The molecule has 0 saturated carbocycles. The quantitative estimate of drug-likeness (QED) is 0.585. The molecule has 0 unspecified atom stereocenters. The Morgan fingerprint density at radius 2 is 1.00 bits per heavy atom. The van der Waals surface area contributed by atoms with E-state index in [1.165, 1.54) is 0 Å². The van der Waals surface area contributed by atoms with E-state index in [1.807, 2.05) is 12.1 Å². The van der Waals surface area contributed by atoms with Crippen LogP contribution in [0.2, 0.25) is 0 Å². The maximum absolute atomic E-state index is 10.1. The molecule has 2 aromatic carbocycles. The Morgan fingerprint density at radius 1 is 0.720 bits per heavy atom. The zero-order valence-electron chi connectivity index (χ0n) is 13.6. The van der Waals surface area contributed by atoms with Gasteiger partial charge in [0.1, 0.15) is 0 Å². The molecule has 0 heterocycles. The van der Waals surface area contributed by atoms with Crippen molar-refractivity contribution in [3.05, 3.63) is 71.8 Å². The van der Waals surface area contributed by atoms with Crippen LogP contribution in [0.5, 0.6) is 0 Å². The third-order valence-electron chi connectivity index (χ3n) is 3.09. The van der Waals surface area contributed by atoms with E-state index in [-0.39, 0.29) is 50.6 Å². The first kappa shape index (κ1) is 23.6. The van der Waals surface area contributed by atoms with Gasteiger partial charge in [-0.2, -0.15) is 0 Å². The topological polar surface area (TPSA) is 121 Å². The van der Waals surface area contributed by atoms with Crippen molar-refractivity contribution < 1.29 is 30.0 Å². The van der Waals surface area contributed by atoms with Gasteiger partial charge in [0.25, 0.3) is 0 Å². The number of aliphatic hydroxyl groups is 2. The second kappa shape index (κ2) is 12.9. The number of hydrogen-bond acceptors (Lipinski definition) is 6. The van der Waals surface area contributed by atoms with Crippen LogP contribution in [0, 0.1) is 0 Å². The van der Waals surface area contributed by atoms with E-state index in [1.54, 1.807) is 48.5 Å². The molecule has 7 heteroatoms. The monoisotopic (exact) mass is 370 g/mol. The third kappa shape index (κ3) is 10.2. The summed E-state index contributed by atoms with van der Waals surface area (Å²) in [5.41, 5.74) is 1.57. The zero-order chi connectivity index (χ0) is 17.9. The molecule has 2 atom stereocenters. The molecule has 0 saturated heterocycles. The fraction of sp³-hybridized carbons (Fsp3) is 0.222. The minimum absolute atomic E-state index is 0. The van der Waals surface area contributed by atoms with Gasteiger partial charge in [0.15, 0.2) is 0 Å². The van der Waals surface area contributed by atoms with E-state index >= 15 is 0 Å². The normalized spacial score (nSPS) is 11.9. The summed E-state index contributed by atoms with van der Waals surface area (Å²) in [6.07, 6.45) is -2.62. The Hall–Kier alpha value is -1.44. The molecule has 2 rings (SSSR count). The zero-order valence-corrected chi connectivity index (χ0v) is 15.8. The van der Waals surface area contributed by atoms with E-state index in [0.717, 1.165) is 11.1 Å². The van der Waals surface area contributed by atoms with Crippen LogP contribution in [-0.2, 0) is 22.4 Å². The number of aliphatic hydroxyl groups excluding tert-OH is 2. The molecule has 0 aliphatic heterocycles. The van der Waals surface area contributed by atoms with Crippen molar-refractivity contribution >= 4 is 49.7 Å². The summed E-state index contributed by atoms with van der Waals surface area (Å²) in [5.74, 6) is -2.86. The SMILES string of the molecule is O=C([O-])[C@@H](O)Cc1ccccc1.O=C([O-])[C@@H](O)Cc1ccccc1.[Ca+2]. The predicted octanol–water partition coefficient (Wildman–Crippen LogP) is -1.70. The van der Waals surface area contributed by atoms with Gasteiger partial charge in [0, 0.05) is 12.8 Å². The summed E-state index contributed by atoms with van der Waals surface area (Å²) < 4.78 is 0. The van der Waals surface area contributed by atoms with Crippen LogP contribution < -0.4 is 10.2 Å². The van der Waals surface area contributed by atoms with Crippen molar-refractivity contribution in [2.45, 2.75) is 25.0 Å². The first-order valence-corrected chi connectivity index (χ1v) is 7.26. The number of hydrogen-bond donors (Lipinski definition) is 2. The van der Waals surface area contributed by atoms with E-state index in [9.17, 15) is 19.8 Å². The number of benzene rings is 2. The first-order chi connectivity index (χ1) is 11.4. The fourth-order valence-corrected chi connectivity index (χ4v) is 1.84. The van der Waals surface area contributed by atoms with Gasteiger partial charge in [0.05, 0.1) is 24.1 Å². The molecular weight excluding hydrogens is 352 g/mol. The predicted molar refractivity (Wildman–Crippen MR) is 88.1 cm³/mol.